The zero-order valence-electron chi connectivity index (χ0n) is 6.51. The molecule has 0 saturated carbocycles. The lowest BCUT2D eigenvalue weighted by Crippen LogP contribution is -2.47. The van der Waals surface area contributed by atoms with Crippen molar-refractivity contribution in [2.24, 2.45) is 0 Å². The minimum absolute atomic E-state index is 0.292. The van der Waals surface area contributed by atoms with Gasteiger partial charge in [0.15, 0.2) is 0 Å². The molecule has 0 radical (unpaired) electrons. The van der Waals surface area contributed by atoms with Crippen LogP contribution in [0.4, 0.5) is 13.2 Å². The van der Waals surface area contributed by atoms with Crippen LogP contribution in [-0.4, -0.2) is 23.3 Å². The maximum atomic E-state index is 12.4. The molecule has 4 heteroatoms. The van der Waals surface area contributed by atoms with Gasteiger partial charge in [-0.2, -0.15) is 13.2 Å². The molecule has 2 heterocycles. The molecule has 0 aromatic rings. The van der Waals surface area contributed by atoms with Gasteiger partial charge in [-0.1, -0.05) is 12.2 Å². The lowest BCUT2D eigenvalue weighted by Gasteiger charge is -2.32. The summed E-state index contributed by atoms with van der Waals surface area (Å²) >= 11 is 0. The van der Waals surface area contributed by atoms with E-state index in [0.29, 0.717) is 24.2 Å². The zero-order chi connectivity index (χ0) is 8.77. The number of hydrogen-bond acceptors (Lipinski definition) is 1. The van der Waals surface area contributed by atoms with Crippen LogP contribution in [0.3, 0.4) is 0 Å². The van der Waals surface area contributed by atoms with Crippen molar-refractivity contribution in [2.45, 2.75) is 37.6 Å². The van der Waals surface area contributed by atoms with Gasteiger partial charge in [0.25, 0.3) is 0 Å². The fourth-order valence-corrected chi connectivity index (χ4v) is 2.12. The van der Waals surface area contributed by atoms with Crippen LogP contribution in [0.1, 0.15) is 19.3 Å². The largest absolute Gasteiger partial charge is 0.460 e. The van der Waals surface area contributed by atoms with Crippen LogP contribution in [0.15, 0.2) is 12.2 Å². The molecular formula is C8H10F3N. The van der Waals surface area contributed by atoms with Crippen LogP contribution in [0, 0.1) is 0 Å². The summed E-state index contributed by atoms with van der Waals surface area (Å²) in [6.07, 6.45) is 1.28. The van der Waals surface area contributed by atoms with Gasteiger partial charge < -0.3 is 0 Å². The van der Waals surface area contributed by atoms with Crippen molar-refractivity contribution in [2.75, 3.05) is 0 Å². The van der Waals surface area contributed by atoms with E-state index in [9.17, 15) is 13.2 Å². The Morgan fingerprint density at radius 3 is 2.50 bits per heavy atom. The van der Waals surface area contributed by atoms with Gasteiger partial charge in [0, 0.05) is 12.1 Å². The molecule has 1 saturated heterocycles. The molecule has 2 rings (SSSR count). The maximum Gasteiger partial charge on any atom is 0.460 e. The second kappa shape index (κ2) is 2.49. The average Bonchev–Trinajstić information content (AvgIpc) is 2.23. The summed E-state index contributed by atoms with van der Waals surface area (Å²) in [6, 6.07) is -0.677. The Bertz CT molecular complexity index is 209. The number of hydrogen-bond donors (Lipinski definition) is 0. The van der Waals surface area contributed by atoms with E-state index in [1.165, 1.54) is 0 Å². The van der Waals surface area contributed by atoms with Crippen molar-refractivity contribution >= 4 is 0 Å². The summed E-state index contributed by atoms with van der Waals surface area (Å²) in [7, 11) is 0. The molecule has 1 nitrogen and oxygen atoms in total. The van der Waals surface area contributed by atoms with E-state index >= 15 is 0 Å². The van der Waals surface area contributed by atoms with E-state index in [1.54, 1.807) is 6.08 Å². The summed E-state index contributed by atoms with van der Waals surface area (Å²) in [6.45, 7) is 0. The molecule has 12 heavy (non-hydrogen) atoms. The van der Waals surface area contributed by atoms with Crippen LogP contribution < -0.4 is 0 Å². The molecule has 0 aromatic heterocycles. The lowest BCUT2D eigenvalue weighted by atomic mass is 10.1. The molecule has 0 amide bonds. The predicted octanol–water partition coefficient (Wildman–Crippen LogP) is 2.30. The predicted molar refractivity (Wildman–Crippen MR) is 38.5 cm³/mol. The van der Waals surface area contributed by atoms with E-state index in [2.05, 4.69) is 0 Å². The first-order chi connectivity index (χ1) is 5.59. The molecule has 0 spiro atoms. The molecule has 2 atom stereocenters. The Hall–Kier alpha value is -0.510. The Balaban J connectivity index is 2.22. The van der Waals surface area contributed by atoms with Crippen molar-refractivity contribution < 1.29 is 13.2 Å². The second-order valence-electron chi connectivity index (χ2n) is 3.34. The van der Waals surface area contributed by atoms with Crippen molar-refractivity contribution in [1.82, 2.24) is 4.90 Å². The van der Waals surface area contributed by atoms with Gasteiger partial charge in [-0.25, -0.2) is 4.90 Å². The Morgan fingerprint density at radius 2 is 2.00 bits per heavy atom. The quantitative estimate of drug-likeness (QED) is 0.405. The van der Waals surface area contributed by atoms with Gasteiger partial charge in [0.05, 0.1) is 0 Å². The molecule has 2 aliphatic rings. The topological polar surface area (TPSA) is 3.24 Å². The summed E-state index contributed by atoms with van der Waals surface area (Å²) in [5, 5.41) is 0. The summed E-state index contributed by atoms with van der Waals surface area (Å²) < 4.78 is 37.1. The highest BCUT2D eigenvalue weighted by molar-refractivity contribution is 5.08. The van der Waals surface area contributed by atoms with Crippen molar-refractivity contribution in [3.8, 4) is 0 Å². The number of halogens is 3. The lowest BCUT2D eigenvalue weighted by molar-refractivity contribution is -0.258. The van der Waals surface area contributed by atoms with Crippen molar-refractivity contribution in [3.05, 3.63) is 12.2 Å². The molecule has 2 bridgehead atoms. The van der Waals surface area contributed by atoms with E-state index in [-0.39, 0.29) is 12.1 Å². The second-order valence-corrected chi connectivity index (χ2v) is 3.34. The van der Waals surface area contributed by atoms with Gasteiger partial charge in [-0.05, 0) is 19.3 Å². The van der Waals surface area contributed by atoms with Crippen LogP contribution in [0.5, 0.6) is 0 Å². The molecule has 2 aliphatic heterocycles. The van der Waals surface area contributed by atoms with E-state index in [1.807, 2.05) is 6.08 Å². The Labute approximate surface area is 68.8 Å². The first kappa shape index (κ1) is 8.10. The van der Waals surface area contributed by atoms with E-state index in [0.717, 1.165) is 0 Å². The SMILES string of the molecule is FC(F)(F)N1C2C=CCC1CC2. The molecule has 0 aliphatic carbocycles. The normalized spacial score (nSPS) is 35.9. The molecule has 1 fully saturated rings. The number of alkyl halides is 3. The highest BCUT2D eigenvalue weighted by Gasteiger charge is 2.49. The first-order valence-electron chi connectivity index (χ1n) is 4.11. The maximum absolute atomic E-state index is 12.4. The third-order valence-electron chi connectivity index (χ3n) is 2.61. The Kier molecular flexibility index (Phi) is 1.68. The van der Waals surface area contributed by atoms with E-state index in [4.69, 9.17) is 0 Å². The number of rotatable bonds is 0. The summed E-state index contributed by atoms with van der Waals surface area (Å²) in [4.78, 5) is 0.688. The zero-order valence-corrected chi connectivity index (χ0v) is 6.51. The average molecular weight is 177 g/mol. The fraction of sp³-hybridized carbons (Fsp3) is 0.750. The van der Waals surface area contributed by atoms with Crippen LogP contribution in [0.2, 0.25) is 0 Å². The first-order valence-corrected chi connectivity index (χ1v) is 4.11. The van der Waals surface area contributed by atoms with Crippen molar-refractivity contribution in [1.29, 1.82) is 0 Å². The van der Waals surface area contributed by atoms with Gasteiger partial charge in [-0.15, -0.1) is 0 Å². The highest BCUT2D eigenvalue weighted by atomic mass is 19.4. The highest BCUT2D eigenvalue weighted by Crippen LogP contribution is 2.39. The molecule has 2 unspecified atom stereocenters. The van der Waals surface area contributed by atoms with E-state index < -0.39 is 6.30 Å². The summed E-state index contributed by atoms with van der Waals surface area (Å²) in [5.74, 6) is 0. The molecule has 68 valence electrons. The van der Waals surface area contributed by atoms with Crippen molar-refractivity contribution in [3.63, 3.8) is 0 Å². The smallest absolute Gasteiger partial charge is 0.205 e. The molecule has 0 N–H and O–H groups in total. The van der Waals surface area contributed by atoms with Gasteiger partial charge >= 0.3 is 6.30 Å². The third-order valence-corrected chi connectivity index (χ3v) is 2.61. The molecule has 0 aromatic carbocycles. The van der Waals surface area contributed by atoms with Crippen LogP contribution in [-0.2, 0) is 0 Å². The minimum Gasteiger partial charge on any atom is -0.205 e. The number of fused-ring (bicyclic) bond motifs is 2. The monoisotopic (exact) mass is 177 g/mol. The third kappa shape index (κ3) is 1.14. The molecular weight excluding hydrogens is 167 g/mol. The summed E-state index contributed by atoms with van der Waals surface area (Å²) in [5.41, 5.74) is 0. The Morgan fingerprint density at radius 1 is 1.25 bits per heavy atom. The van der Waals surface area contributed by atoms with Gasteiger partial charge in [0.2, 0.25) is 0 Å². The van der Waals surface area contributed by atoms with Crippen LogP contribution in [0.25, 0.3) is 0 Å². The number of nitrogens with zero attached hydrogens (tertiary/aromatic N) is 1. The minimum atomic E-state index is -4.14. The standard InChI is InChI=1S/C8H10F3N/c9-8(10,11)12-6-2-1-3-7(12)5-4-6/h1-2,6-7H,3-5H2. The van der Waals surface area contributed by atoms with Gasteiger partial charge in [-0.3, -0.25) is 0 Å². The fourth-order valence-electron chi connectivity index (χ4n) is 2.12. The van der Waals surface area contributed by atoms with Crippen LogP contribution >= 0.6 is 0 Å². The van der Waals surface area contributed by atoms with Gasteiger partial charge in [0.1, 0.15) is 0 Å².